The number of nitrogens with zero attached hydrogens (tertiary/aromatic N) is 1. The Hall–Kier alpha value is -2.74. The monoisotopic (exact) mass is 546 g/mol. The highest BCUT2D eigenvalue weighted by Crippen LogP contribution is 2.34. The molecular weight excluding hydrogens is 519 g/mol. The fourth-order valence-corrected chi connectivity index (χ4v) is 5.22. The molecule has 0 aliphatic carbocycles. The molecule has 1 amide bonds. The summed E-state index contributed by atoms with van der Waals surface area (Å²) in [5.41, 5.74) is 4.60. The van der Waals surface area contributed by atoms with Crippen LogP contribution in [0, 0.1) is 0 Å². The summed E-state index contributed by atoms with van der Waals surface area (Å²) in [6.45, 7) is 5.27. The predicted molar refractivity (Wildman–Crippen MR) is 146 cm³/mol. The standard InChI is InChI=1S/C19H20ClNO4S.C8H8ClN/c1-12(2)25-18-7-6-15(26(3,23)24)11-16(18)19(22)21-9-8-13-4-5-14(20)10-17(13)21;9-7-2-1-6-3-4-10-8(6)5-7/h4-7,10-12H,8-9H2,1-3H3;1-2,5,10H,3-4H2. The molecule has 0 atom stereocenters. The molecule has 0 fully saturated rings. The zero-order valence-electron chi connectivity index (χ0n) is 20.3. The summed E-state index contributed by atoms with van der Waals surface area (Å²) < 4.78 is 29.6. The van der Waals surface area contributed by atoms with Gasteiger partial charge in [0.05, 0.1) is 16.6 Å². The van der Waals surface area contributed by atoms with Gasteiger partial charge in [-0.05, 0) is 80.3 Å². The molecule has 2 aliphatic heterocycles. The lowest BCUT2D eigenvalue weighted by Crippen LogP contribution is -2.29. The molecular formula is C27H28Cl2N2O4S. The van der Waals surface area contributed by atoms with E-state index in [0.717, 1.165) is 41.9 Å². The summed E-state index contributed by atoms with van der Waals surface area (Å²) in [6, 6.07) is 15.8. The first kappa shape index (κ1) is 26.3. The van der Waals surface area contributed by atoms with Crippen molar-refractivity contribution in [3.63, 3.8) is 0 Å². The average Bonchev–Trinajstić information content (AvgIpc) is 3.44. The van der Waals surface area contributed by atoms with Gasteiger partial charge in [0.2, 0.25) is 0 Å². The second kappa shape index (κ2) is 10.7. The lowest BCUT2D eigenvalue weighted by atomic mass is 10.1. The van der Waals surface area contributed by atoms with Gasteiger partial charge in [0.25, 0.3) is 5.91 Å². The van der Waals surface area contributed by atoms with Crippen LogP contribution in [0.25, 0.3) is 0 Å². The van der Waals surface area contributed by atoms with E-state index >= 15 is 0 Å². The number of benzene rings is 3. The number of carbonyl (C=O) groups excluding carboxylic acids is 1. The van der Waals surface area contributed by atoms with Crippen molar-refractivity contribution in [3.05, 3.63) is 81.3 Å². The zero-order valence-corrected chi connectivity index (χ0v) is 22.7. The molecule has 2 heterocycles. The molecule has 0 saturated heterocycles. The van der Waals surface area contributed by atoms with Crippen LogP contribution in [0.15, 0.2) is 59.5 Å². The molecule has 0 unspecified atom stereocenters. The number of amides is 1. The third kappa shape index (κ3) is 5.97. The van der Waals surface area contributed by atoms with Crippen LogP contribution in [-0.4, -0.2) is 39.8 Å². The van der Waals surface area contributed by atoms with Gasteiger partial charge in [0.1, 0.15) is 5.75 Å². The van der Waals surface area contributed by atoms with E-state index in [1.165, 1.54) is 23.4 Å². The first-order chi connectivity index (χ1) is 17.0. The van der Waals surface area contributed by atoms with Gasteiger partial charge in [0, 0.05) is 40.8 Å². The quantitative estimate of drug-likeness (QED) is 0.431. The lowest BCUT2D eigenvalue weighted by Gasteiger charge is -2.21. The molecule has 0 saturated carbocycles. The first-order valence-corrected chi connectivity index (χ1v) is 14.3. The third-order valence-electron chi connectivity index (χ3n) is 5.94. The maximum atomic E-state index is 13.2. The zero-order chi connectivity index (χ0) is 26.0. The average molecular weight is 548 g/mol. The van der Waals surface area contributed by atoms with E-state index in [4.69, 9.17) is 27.9 Å². The van der Waals surface area contributed by atoms with E-state index in [0.29, 0.717) is 17.3 Å². The fourth-order valence-electron chi connectivity index (χ4n) is 4.24. The Morgan fingerprint density at radius 1 is 0.972 bits per heavy atom. The van der Waals surface area contributed by atoms with E-state index in [2.05, 4.69) is 11.4 Å². The van der Waals surface area contributed by atoms with Gasteiger partial charge in [-0.2, -0.15) is 0 Å². The highest BCUT2D eigenvalue weighted by atomic mass is 35.5. The first-order valence-electron chi connectivity index (χ1n) is 11.7. The number of hydrogen-bond acceptors (Lipinski definition) is 5. The summed E-state index contributed by atoms with van der Waals surface area (Å²) in [6.07, 6.45) is 2.83. The Morgan fingerprint density at radius 3 is 2.36 bits per heavy atom. The van der Waals surface area contributed by atoms with Gasteiger partial charge in [-0.15, -0.1) is 0 Å². The van der Waals surface area contributed by atoms with Crippen molar-refractivity contribution >= 4 is 50.3 Å². The van der Waals surface area contributed by atoms with Crippen LogP contribution in [0.2, 0.25) is 10.0 Å². The van der Waals surface area contributed by atoms with Gasteiger partial charge >= 0.3 is 0 Å². The SMILES string of the molecule is CC(C)Oc1ccc(S(C)(=O)=O)cc1C(=O)N1CCc2ccc(Cl)cc21.Clc1ccc2c(c1)NCC2. The van der Waals surface area contributed by atoms with Crippen LogP contribution >= 0.6 is 23.2 Å². The molecule has 3 aromatic rings. The number of anilines is 2. The second-order valence-corrected chi connectivity index (χ2v) is 11.9. The van der Waals surface area contributed by atoms with Gasteiger partial charge in [-0.3, -0.25) is 4.79 Å². The van der Waals surface area contributed by atoms with E-state index in [9.17, 15) is 13.2 Å². The number of sulfone groups is 1. The summed E-state index contributed by atoms with van der Waals surface area (Å²) >= 11 is 11.9. The van der Waals surface area contributed by atoms with Crippen molar-refractivity contribution in [3.8, 4) is 5.75 Å². The number of hydrogen-bond donors (Lipinski definition) is 1. The maximum Gasteiger partial charge on any atom is 0.262 e. The smallest absolute Gasteiger partial charge is 0.262 e. The highest BCUT2D eigenvalue weighted by molar-refractivity contribution is 7.90. The molecule has 0 spiro atoms. The Kier molecular flexibility index (Phi) is 7.83. The molecule has 0 aromatic heterocycles. The summed E-state index contributed by atoms with van der Waals surface area (Å²) in [5, 5.41) is 4.62. The molecule has 9 heteroatoms. The summed E-state index contributed by atoms with van der Waals surface area (Å²) in [7, 11) is -3.44. The molecule has 2 aliphatic rings. The molecule has 1 N–H and O–H groups in total. The normalized spacial score (nSPS) is 14.0. The molecule has 36 heavy (non-hydrogen) atoms. The van der Waals surface area contributed by atoms with Gasteiger partial charge < -0.3 is 15.0 Å². The molecule has 5 rings (SSSR count). The largest absolute Gasteiger partial charge is 0.490 e. The highest BCUT2D eigenvalue weighted by Gasteiger charge is 2.29. The lowest BCUT2D eigenvalue weighted by molar-refractivity contribution is 0.0983. The summed E-state index contributed by atoms with van der Waals surface area (Å²) in [4.78, 5) is 14.9. The number of fused-ring (bicyclic) bond motifs is 2. The number of ether oxygens (including phenoxy) is 1. The number of halogens is 2. The van der Waals surface area contributed by atoms with E-state index in [1.807, 2.05) is 32.0 Å². The predicted octanol–water partition coefficient (Wildman–Crippen LogP) is 6.04. The van der Waals surface area contributed by atoms with E-state index in [1.54, 1.807) is 23.1 Å². The maximum absolute atomic E-state index is 13.2. The van der Waals surface area contributed by atoms with Crippen LogP contribution < -0.4 is 15.0 Å². The molecule has 3 aromatic carbocycles. The van der Waals surface area contributed by atoms with Crippen molar-refractivity contribution in [2.45, 2.75) is 37.7 Å². The van der Waals surface area contributed by atoms with Gasteiger partial charge in [0.15, 0.2) is 9.84 Å². The van der Waals surface area contributed by atoms with Crippen molar-refractivity contribution in [2.24, 2.45) is 0 Å². The topological polar surface area (TPSA) is 75.7 Å². The van der Waals surface area contributed by atoms with Crippen LogP contribution in [0.5, 0.6) is 5.75 Å². The van der Waals surface area contributed by atoms with Crippen molar-refractivity contribution in [1.29, 1.82) is 0 Å². The minimum absolute atomic E-state index is 0.0856. The van der Waals surface area contributed by atoms with Crippen molar-refractivity contribution in [2.75, 3.05) is 29.6 Å². The van der Waals surface area contributed by atoms with E-state index < -0.39 is 9.84 Å². The number of rotatable bonds is 4. The van der Waals surface area contributed by atoms with Crippen molar-refractivity contribution < 1.29 is 17.9 Å². The Balaban J connectivity index is 0.000000251. The second-order valence-electron chi connectivity index (χ2n) is 9.05. The third-order valence-corrected chi connectivity index (χ3v) is 7.52. The Bertz CT molecular complexity index is 1410. The number of nitrogens with one attached hydrogen (secondary N) is 1. The Morgan fingerprint density at radius 2 is 1.67 bits per heavy atom. The minimum Gasteiger partial charge on any atom is -0.490 e. The van der Waals surface area contributed by atoms with Crippen LogP contribution in [0.3, 0.4) is 0 Å². The summed E-state index contributed by atoms with van der Waals surface area (Å²) in [5.74, 6) is 0.0695. The van der Waals surface area contributed by atoms with E-state index in [-0.39, 0.29) is 22.5 Å². The number of carbonyl (C=O) groups is 1. The van der Waals surface area contributed by atoms with Gasteiger partial charge in [-0.1, -0.05) is 35.3 Å². The van der Waals surface area contributed by atoms with Crippen LogP contribution in [-0.2, 0) is 22.7 Å². The fraction of sp³-hybridized carbons (Fsp3) is 0.296. The molecule has 190 valence electrons. The molecule has 0 bridgehead atoms. The van der Waals surface area contributed by atoms with Crippen molar-refractivity contribution in [1.82, 2.24) is 0 Å². The van der Waals surface area contributed by atoms with Crippen LogP contribution in [0.1, 0.15) is 35.3 Å². The van der Waals surface area contributed by atoms with Crippen LogP contribution in [0.4, 0.5) is 11.4 Å². The molecule has 6 nitrogen and oxygen atoms in total. The van der Waals surface area contributed by atoms with Gasteiger partial charge in [-0.25, -0.2) is 8.42 Å². The minimum atomic E-state index is -3.44. The molecule has 0 radical (unpaired) electrons. The Labute approximate surface area is 222 Å².